The SMILES string of the molecule is Cc1cc(NC(=O)CN2CCc3ccccc3C2CO)on1. The summed E-state index contributed by atoms with van der Waals surface area (Å²) in [6.45, 7) is 2.73. The van der Waals surface area contributed by atoms with Crippen molar-refractivity contribution in [2.24, 2.45) is 0 Å². The van der Waals surface area contributed by atoms with Gasteiger partial charge in [0.1, 0.15) is 0 Å². The molecule has 1 aliphatic rings. The van der Waals surface area contributed by atoms with E-state index in [4.69, 9.17) is 4.52 Å². The summed E-state index contributed by atoms with van der Waals surface area (Å²) in [5, 5.41) is 16.1. The summed E-state index contributed by atoms with van der Waals surface area (Å²) in [5.41, 5.74) is 3.05. The van der Waals surface area contributed by atoms with Crippen LogP contribution in [-0.2, 0) is 11.2 Å². The molecule has 1 unspecified atom stereocenters. The Bertz CT molecular complexity index is 668. The Morgan fingerprint density at radius 2 is 2.32 bits per heavy atom. The van der Waals surface area contributed by atoms with Gasteiger partial charge in [0.2, 0.25) is 11.8 Å². The third kappa shape index (κ3) is 3.03. The van der Waals surface area contributed by atoms with Crippen molar-refractivity contribution in [1.29, 1.82) is 0 Å². The third-order valence-electron chi connectivity index (χ3n) is 3.93. The van der Waals surface area contributed by atoms with Gasteiger partial charge in [-0.25, -0.2) is 0 Å². The molecule has 2 aromatic rings. The fraction of sp³-hybridized carbons (Fsp3) is 0.375. The maximum absolute atomic E-state index is 12.1. The highest BCUT2D eigenvalue weighted by atomic mass is 16.5. The van der Waals surface area contributed by atoms with Crippen LogP contribution in [0.2, 0.25) is 0 Å². The van der Waals surface area contributed by atoms with Gasteiger partial charge in [-0.2, -0.15) is 0 Å². The van der Waals surface area contributed by atoms with Crippen LogP contribution in [-0.4, -0.2) is 40.8 Å². The molecule has 3 rings (SSSR count). The van der Waals surface area contributed by atoms with Gasteiger partial charge >= 0.3 is 0 Å². The molecular weight excluding hydrogens is 282 g/mol. The van der Waals surface area contributed by atoms with E-state index in [0.717, 1.165) is 24.2 Å². The molecule has 22 heavy (non-hydrogen) atoms. The first-order chi connectivity index (χ1) is 10.7. The molecule has 1 amide bonds. The second-order valence-electron chi connectivity index (χ2n) is 5.50. The fourth-order valence-corrected chi connectivity index (χ4v) is 2.89. The molecule has 1 aromatic heterocycles. The lowest BCUT2D eigenvalue weighted by Crippen LogP contribution is -2.42. The Hall–Kier alpha value is -2.18. The number of aryl methyl sites for hydroxylation is 1. The maximum Gasteiger partial charge on any atom is 0.240 e. The predicted octanol–water partition coefficient (Wildman–Crippen LogP) is 1.51. The largest absolute Gasteiger partial charge is 0.394 e. The second-order valence-corrected chi connectivity index (χ2v) is 5.50. The number of hydrogen-bond acceptors (Lipinski definition) is 5. The van der Waals surface area contributed by atoms with Gasteiger partial charge in [-0.05, 0) is 24.5 Å². The van der Waals surface area contributed by atoms with Crippen LogP contribution in [0.4, 0.5) is 5.88 Å². The number of fused-ring (bicyclic) bond motifs is 1. The molecule has 0 saturated heterocycles. The third-order valence-corrected chi connectivity index (χ3v) is 3.93. The zero-order chi connectivity index (χ0) is 15.5. The quantitative estimate of drug-likeness (QED) is 0.895. The topological polar surface area (TPSA) is 78.6 Å². The second kappa shape index (κ2) is 6.29. The normalized spacial score (nSPS) is 18.0. The number of nitrogens with one attached hydrogen (secondary N) is 1. The van der Waals surface area contributed by atoms with Crippen molar-refractivity contribution in [1.82, 2.24) is 10.1 Å². The summed E-state index contributed by atoms with van der Waals surface area (Å²) >= 11 is 0. The van der Waals surface area contributed by atoms with E-state index in [-0.39, 0.29) is 25.1 Å². The van der Waals surface area contributed by atoms with Gasteiger partial charge in [0, 0.05) is 12.6 Å². The van der Waals surface area contributed by atoms with E-state index in [2.05, 4.69) is 16.5 Å². The first kappa shape index (κ1) is 14.7. The van der Waals surface area contributed by atoms with Gasteiger partial charge in [0.05, 0.1) is 24.9 Å². The lowest BCUT2D eigenvalue weighted by molar-refractivity contribution is -0.118. The van der Waals surface area contributed by atoms with Gasteiger partial charge in [-0.1, -0.05) is 29.4 Å². The minimum Gasteiger partial charge on any atom is -0.394 e. The molecule has 0 aliphatic carbocycles. The maximum atomic E-state index is 12.1. The van der Waals surface area contributed by atoms with Gasteiger partial charge < -0.3 is 9.63 Å². The molecule has 1 aliphatic heterocycles. The average molecular weight is 301 g/mol. The highest BCUT2D eigenvalue weighted by molar-refractivity contribution is 5.91. The van der Waals surface area contributed by atoms with Crippen molar-refractivity contribution in [3.05, 3.63) is 47.2 Å². The molecule has 2 heterocycles. The first-order valence-corrected chi connectivity index (χ1v) is 7.33. The minimum absolute atomic E-state index is 0.00823. The number of benzene rings is 1. The van der Waals surface area contributed by atoms with Crippen molar-refractivity contribution in [2.45, 2.75) is 19.4 Å². The highest BCUT2D eigenvalue weighted by Gasteiger charge is 2.28. The molecule has 0 spiro atoms. The summed E-state index contributed by atoms with van der Waals surface area (Å²) in [5.74, 6) is 0.175. The highest BCUT2D eigenvalue weighted by Crippen LogP contribution is 2.28. The number of carbonyl (C=O) groups excluding carboxylic acids is 1. The lowest BCUT2D eigenvalue weighted by Gasteiger charge is -2.35. The van der Waals surface area contributed by atoms with Crippen molar-refractivity contribution < 1.29 is 14.4 Å². The molecule has 1 aromatic carbocycles. The van der Waals surface area contributed by atoms with Gasteiger partial charge in [-0.15, -0.1) is 0 Å². The van der Waals surface area contributed by atoms with Crippen molar-refractivity contribution >= 4 is 11.8 Å². The van der Waals surface area contributed by atoms with Crippen molar-refractivity contribution in [3.63, 3.8) is 0 Å². The number of aliphatic hydroxyl groups excluding tert-OH is 1. The molecule has 0 saturated carbocycles. The van der Waals surface area contributed by atoms with Crippen molar-refractivity contribution in [3.8, 4) is 0 Å². The van der Waals surface area contributed by atoms with E-state index in [1.165, 1.54) is 5.56 Å². The zero-order valence-electron chi connectivity index (χ0n) is 12.5. The van der Waals surface area contributed by atoms with Crippen molar-refractivity contribution in [2.75, 3.05) is 25.0 Å². The zero-order valence-corrected chi connectivity index (χ0v) is 12.5. The number of anilines is 1. The Labute approximate surface area is 128 Å². The fourth-order valence-electron chi connectivity index (χ4n) is 2.89. The van der Waals surface area contributed by atoms with E-state index in [1.54, 1.807) is 13.0 Å². The Morgan fingerprint density at radius 3 is 3.05 bits per heavy atom. The number of aromatic nitrogens is 1. The Kier molecular flexibility index (Phi) is 4.22. The van der Waals surface area contributed by atoms with Gasteiger partial charge in [0.25, 0.3) is 0 Å². The summed E-state index contributed by atoms with van der Waals surface area (Å²) in [7, 11) is 0. The molecule has 0 fully saturated rings. The lowest BCUT2D eigenvalue weighted by atomic mass is 9.93. The summed E-state index contributed by atoms with van der Waals surface area (Å²) in [4.78, 5) is 14.1. The monoisotopic (exact) mass is 301 g/mol. The van der Waals surface area contributed by atoms with E-state index in [9.17, 15) is 9.90 Å². The smallest absolute Gasteiger partial charge is 0.240 e. The first-order valence-electron chi connectivity index (χ1n) is 7.33. The summed E-state index contributed by atoms with van der Waals surface area (Å²) in [6.07, 6.45) is 0.876. The van der Waals surface area contributed by atoms with Crippen LogP contribution in [0, 0.1) is 6.92 Å². The van der Waals surface area contributed by atoms with Gasteiger partial charge in [-0.3, -0.25) is 15.0 Å². The standard InChI is InChI=1S/C16H19N3O3/c1-11-8-16(22-18-11)17-15(21)9-19-7-6-12-4-2-3-5-13(12)14(19)10-20/h2-5,8,14,20H,6-7,9-10H2,1H3,(H,17,21). The summed E-state index contributed by atoms with van der Waals surface area (Å²) in [6, 6.07) is 9.58. The molecule has 0 radical (unpaired) electrons. The van der Waals surface area contributed by atoms with Crippen LogP contribution in [0.1, 0.15) is 22.9 Å². The molecule has 6 nitrogen and oxygen atoms in total. The Balaban J connectivity index is 1.68. The average Bonchev–Trinajstić information content (AvgIpc) is 2.92. The molecule has 6 heteroatoms. The molecule has 0 bridgehead atoms. The number of amides is 1. The van der Waals surface area contributed by atoms with E-state index >= 15 is 0 Å². The van der Waals surface area contributed by atoms with Crippen LogP contribution in [0.3, 0.4) is 0 Å². The molecule has 1 atom stereocenters. The van der Waals surface area contributed by atoms with Crippen LogP contribution >= 0.6 is 0 Å². The number of rotatable bonds is 4. The molecular formula is C16H19N3O3. The minimum atomic E-state index is -0.172. The Morgan fingerprint density at radius 1 is 1.50 bits per heavy atom. The van der Waals surface area contributed by atoms with E-state index in [0.29, 0.717) is 5.88 Å². The van der Waals surface area contributed by atoms with Crippen LogP contribution in [0.15, 0.2) is 34.9 Å². The van der Waals surface area contributed by atoms with E-state index < -0.39 is 0 Å². The summed E-state index contributed by atoms with van der Waals surface area (Å²) < 4.78 is 4.98. The molecule has 2 N–H and O–H groups in total. The predicted molar refractivity (Wildman–Crippen MR) is 81.4 cm³/mol. The van der Waals surface area contributed by atoms with E-state index in [1.807, 2.05) is 23.1 Å². The number of carbonyl (C=O) groups is 1. The van der Waals surface area contributed by atoms with Gasteiger partial charge in [0.15, 0.2) is 0 Å². The number of hydrogen-bond donors (Lipinski definition) is 2. The number of nitrogens with zero attached hydrogens (tertiary/aromatic N) is 2. The number of aliphatic hydroxyl groups is 1. The van der Waals surface area contributed by atoms with Crippen LogP contribution < -0.4 is 5.32 Å². The van der Waals surface area contributed by atoms with Crippen LogP contribution in [0.5, 0.6) is 0 Å². The molecule has 116 valence electrons. The van der Waals surface area contributed by atoms with Crippen LogP contribution in [0.25, 0.3) is 0 Å².